The molecule has 0 aliphatic rings. The number of nitrogens with zero attached hydrogens (tertiary/aromatic N) is 4. The first kappa shape index (κ1) is 18.0. The van der Waals surface area contributed by atoms with Crippen molar-refractivity contribution >= 4 is 38.3 Å². The van der Waals surface area contributed by atoms with Crippen LogP contribution in [-0.2, 0) is 10.0 Å². The molecular formula is C13H13N5O4S2. The molecular weight excluding hydrogens is 354 g/mol. The molecule has 126 valence electrons. The van der Waals surface area contributed by atoms with Crippen molar-refractivity contribution in [2.45, 2.75) is 19.2 Å². The summed E-state index contributed by atoms with van der Waals surface area (Å²) in [5.41, 5.74) is -0.00507. The second-order valence-electron chi connectivity index (χ2n) is 4.75. The van der Waals surface area contributed by atoms with Crippen LogP contribution in [-0.4, -0.2) is 34.7 Å². The van der Waals surface area contributed by atoms with E-state index in [2.05, 4.69) is 19.6 Å². The van der Waals surface area contributed by atoms with Crippen molar-refractivity contribution in [1.82, 2.24) is 9.36 Å². The van der Waals surface area contributed by atoms with Gasteiger partial charge in [-0.2, -0.15) is 9.49 Å². The van der Waals surface area contributed by atoms with Gasteiger partial charge >= 0.3 is 0 Å². The lowest BCUT2D eigenvalue weighted by atomic mass is 10.0. The maximum Gasteiger partial charge on any atom is 0.249 e. The Kier molecular flexibility index (Phi) is 5.26. The summed E-state index contributed by atoms with van der Waals surface area (Å²) in [6, 6.07) is 5.82. The second kappa shape index (κ2) is 7.03. The van der Waals surface area contributed by atoms with Gasteiger partial charge < -0.3 is 0 Å². The van der Waals surface area contributed by atoms with Crippen LogP contribution in [0.5, 0.6) is 0 Å². The van der Waals surface area contributed by atoms with Gasteiger partial charge in [-0.3, -0.25) is 9.59 Å². The molecule has 0 saturated heterocycles. The number of nitrogens with two attached hydrogens (primary N) is 1. The number of carbonyl (C=O) groups is 2. The van der Waals surface area contributed by atoms with Gasteiger partial charge in [0.2, 0.25) is 26.3 Å². The van der Waals surface area contributed by atoms with E-state index in [1.807, 2.05) is 0 Å². The molecule has 9 nitrogen and oxygen atoms in total. The van der Waals surface area contributed by atoms with Crippen molar-refractivity contribution in [2.24, 2.45) is 15.4 Å². The zero-order valence-corrected chi connectivity index (χ0v) is 14.3. The summed E-state index contributed by atoms with van der Waals surface area (Å²) in [7, 11) is -4.38. The molecule has 2 aromatic rings. The molecule has 1 atom stereocenters. The first-order valence-electron chi connectivity index (χ1n) is 6.57. The highest BCUT2D eigenvalue weighted by atomic mass is 32.2. The number of Topliss-reactive ketones (excluding diaryl/α,β-unsaturated/α-hetero) is 2. The smallest absolute Gasteiger partial charge is 0.249 e. The quantitative estimate of drug-likeness (QED) is 0.606. The number of benzene rings is 1. The molecule has 1 aromatic carbocycles. The minimum absolute atomic E-state index is 0.0816. The van der Waals surface area contributed by atoms with E-state index in [-0.39, 0.29) is 22.0 Å². The lowest BCUT2D eigenvalue weighted by Crippen LogP contribution is -2.34. The number of ketones is 2. The van der Waals surface area contributed by atoms with Gasteiger partial charge in [-0.1, -0.05) is 24.3 Å². The van der Waals surface area contributed by atoms with Crippen LogP contribution in [0, 0.1) is 6.92 Å². The number of sulfonamides is 1. The summed E-state index contributed by atoms with van der Waals surface area (Å²) < 4.78 is 27.3. The highest BCUT2D eigenvalue weighted by molar-refractivity contribution is 7.90. The van der Waals surface area contributed by atoms with Crippen LogP contribution in [0.25, 0.3) is 0 Å². The lowest BCUT2D eigenvalue weighted by molar-refractivity contribution is 0.0964. The zero-order valence-electron chi connectivity index (χ0n) is 12.7. The van der Waals surface area contributed by atoms with Gasteiger partial charge in [-0.15, -0.1) is 5.11 Å². The van der Waals surface area contributed by atoms with Crippen LogP contribution < -0.4 is 5.14 Å². The van der Waals surface area contributed by atoms with Crippen molar-refractivity contribution < 1.29 is 18.0 Å². The number of carbonyl (C=O) groups excluding carboxylic acids is 2. The van der Waals surface area contributed by atoms with Crippen LogP contribution in [0.3, 0.4) is 0 Å². The standard InChI is InChI=1S/C13H13N5O4S2/c1-7(19)9-5-3-4-6-10(9)11(20)12(24(14,21)22)16-17-13-15-8(2)18-23-13/h3-6,12H,1-2H3,(H2,14,21,22)/b17-16+. The van der Waals surface area contributed by atoms with Crippen LogP contribution in [0.1, 0.15) is 33.5 Å². The van der Waals surface area contributed by atoms with Gasteiger partial charge in [0, 0.05) is 22.7 Å². The maximum absolute atomic E-state index is 12.5. The molecule has 0 saturated carbocycles. The number of hydrogen-bond acceptors (Lipinski definition) is 9. The average molecular weight is 367 g/mol. The van der Waals surface area contributed by atoms with E-state index >= 15 is 0 Å². The average Bonchev–Trinajstić information content (AvgIpc) is 2.91. The van der Waals surface area contributed by atoms with Crippen molar-refractivity contribution in [3.05, 3.63) is 41.2 Å². The molecule has 0 aliphatic heterocycles. The Bertz CT molecular complexity index is 920. The van der Waals surface area contributed by atoms with E-state index in [1.54, 1.807) is 13.0 Å². The van der Waals surface area contributed by atoms with Gasteiger partial charge in [0.1, 0.15) is 5.82 Å². The predicted molar refractivity (Wildman–Crippen MR) is 86.8 cm³/mol. The third-order valence-electron chi connectivity index (χ3n) is 2.87. The number of azo groups is 1. The van der Waals surface area contributed by atoms with Crippen molar-refractivity contribution in [3.8, 4) is 0 Å². The fourth-order valence-corrected chi connectivity index (χ4v) is 2.95. The summed E-state index contributed by atoms with van der Waals surface area (Å²) in [6.07, 6.45) is 0. The number of hydrogen-bond donors (Lipinski definition) is 1. The Hall–Kier alpha value is -2.37. The predicted octanol–water partition coefficient (Wildman–Crippen LogP) is 1.63. The largest absolute Gasteiger partial charge is 0.294 e. The molecule has 2 rings (SSSR count). The van der Waals surface area contributed by atoms with Gasteiger partial charge in [-0.05, 0) is 13.8 Å². The molecule has 0 amide bonds. The van der Waals surface area contributed by atoms with E-state index in [0.29, 0.717) is 5.82 Å². The molecule has 0 spiro atoms. The first-order chi connectivity index (χ1) is 11.2. The van der Waals surface area contributed by atoms with Gasteiger partial charge in [0.25, 0.3) is 0 Å². The maximum atomic E-state index is 12.5. The second-order valence-corrected chi connectivity index (χ2v) is 7.10. The van der Waals surface area contributed by atoms with Crippen LogP contribution in [0.2, 0.25) is 0 Å². The normalized spacial score (nSPS) is 13.1. The molecule has 0 aliphatic carbocycles. The molecule has 24 heavy (non-hydrogen) atoms. The van der Waals surface area contributed by atoms with E-state index in [4.69, 9.17) is 5.14 Å². The number of aryl methyl sites for hydroxylation is 1. The number of primary sulfonamides is 1. The summed E-state index contributed by atoms with van der Waals surface area (Å²) in [5, 5.41) is 10.3. The Morgan fingerprint density at radius 1 is 1.25 bits per heavy atom. The van der Waals surface area contributed by atoms with E-state index in [0.717, 1.165) is 11.5 Å². The van der Waals surface area contributed by atoms with Crippen LogP contribution in [0.15, 0.2) is 34.5 Å². The Morgan fingerprint density at radius 2 is 1.88 bits per heavy atom. The fraction of sp³-hybridized carbons (Fsp3) is 0.231. The highest BCUT2D eigenvalue weighted by Crippen LogP contribution is 2.19. The number of aromatic nitrogens is 2. The van der Waals surface area contributed by atoms with E-state index < -0.39 is 21.2 Å². The van der Waals surface area contributed by atoms with Gasteiger partial charge in [0.05, 0.1) is 0 Å². The molecule has 0 bridgehead atoms. The minimum atomic E-state index is -4.38. The molecule has 2 N–H and O–H groups in total. The Morgan fingerprint density at radius 3 is 2.38 bits per heavy atom. The molecule has 1 heterocycles. The Balaban J connectivity index is 2.44. The van der Waals surface area contributed by atoms with Crippen molar-refractivity contribution in [3.63, 3.8) is 0 Å². The Labute approximate surface area is 141 Å². The molecule has 0 radical (unpaired) electrons. The fourth-order valence-electron chi connectivity index (χ4n) is 1.83. The SMILES string of the molecule is CC(=O)c1ccccc1C(=O)C(/N=N/c1nc(C)ns1)S(N)(=O)=O. The van der Waals surface area contributed by atoms with Gasteiger partial charge in [-0.25, -0.2) is 18.5 Å². The molecule has 11 heteroatoms. The van der Waals surface area contributed by atoms with Gasteiger partial charge in [0.15, 0.2) is 5.78 Å². The third kappa shape index (κ3) is 4.13. The van der Waals surface area contributed by atoms with Crippen LogP contribution in [0.4, 0.5) is 5.13 Å². The topological polar surface area (TPSA) is 145 Å². The van der Waals surface area contributed by atoms with E-state index in [9.17, 15) is 18.0 Å². The monoisotopic (exact) mass is 367 g/mol. The zero-order chi connectivity index (χ0) is 17.9. The summed E-state index contributed by atoms with van der Waals surface area (Å²) in [4.78, 5) is 28.1. The molecule has 1 aromatic heterocycles. The van der Waals surface area contributed by atoms with Crippen molar-refractivity contribution in [1.29, 1.82) is 0 Å². The summed E-state index contributed by atoms with van der Waals surface area (Å²) >= 11 is 0.895. The van der Waals surface area contributed by atoms with Crippen LogP contribution >= 0.6 is 11.5 Å². The summed E-state index contributed by atoms with van der Waals surface area (Å²) in [5.74, 6) is -0.883. The molecule has 0 fully saturated rings. The van der Waals surface area contributed by atoms with E-state index in [1.165, 1.54) is 25.1 Å². The third-order valence-corrected chi connectivity index (χ3v) is 4.49. The minimum Gasteiger partial charge on any atom is -0.294 e. The van der Waals surface area contributed by atoms with Crippen molar-refractivity contribution in [2.75, 3.05) is 0 Å². The summed E-state index contributed by atoms with van der Waals surface area (Å²) in [6.45, 7) is 2.89. The first-order valence-corrected chi connectivity index (χ1v) is 8.95. The lowest BCUT2D eigenvalue weighted by Gasteiger charge is -2.10. The highest BCUT2D eigenvalue weighted by Gasteiger charge is 2.32. The number of rotatable bonds is 6. The molecule has 1 unspecified atom stereocenters.